The third kappa shape index (κ3) is 5.97. The molecule has 0 saturated carbocycles. The average Bonchev–Trinajstić information content (AvgIpc) is 3.34. The molecule has 3 aromatic heterocycles. The lowest BCUT2D eigenvalue weighted by atomic mass is 9.98. The number of aryl methyl sites for hydroxylation is 3. The van der Waals surface area contributed by atoms with E-state index in [9.17, 15) is 5.26 Å². The van der Waals surface area contributed by atoms with Gasteiger partial charge in [-0.3, -0.25) is 0 Å². The van der Waals surface area contributed by atoms with E-state index >= 15 is 0 Å². The molecule has 220 valence electrons. The van der Waals surface area contributed by atoms with Crippen LogP contribution in [0, 0.1) is 32.1 Å². The van der Waals surface area contributed by atoms with Crippen LogP contribution in [0.3, 0.4) is 0 Å². The molecule has 9 nitrogen and oxygen atoms in total. The monoisotopic (exact) mass is 574 g/mol. The van der Waals surface area contributed by atoms with Gasteiger partial charge in [-0.15, -0.1) is 0 Å². The van der Waals surface area contributed by atoms with Crippen molar-refractivity contribution in [3.05, 3.63) is 71.1 Å². The highest BCUT2D eigenvalue weighted by molar-refractivity contribution is 5.98. The summed E-state index contributed by atoms with van der Waals surface area (Å²) in [7, 11) is 0. The summed E-state index contributed by atoms with van der Waals surface area (Å²) in [6.45, 7) is 14.3. The Balaban J connectivity index is 1.28. The van der Waals surface area contributed by atoms with Crippen molar-refractivity contribution >= 4 is 50.8 Å². The second-order valence-electron chi connectivity index (χ2n) is 12.5. The second-order valence-corrected chi connectivity index (χ2v) is 12.5. The van der Waals surface area contributed by atoms with Gasteiger partial charge in [0.25, 0.3) is 0 Å². The largest absolute Gasteiger partial charge is 0.443 e. The summed E-state index contributed by atoms with van der Waals surface area (Å²) in [6.07, 6.45) is 2.04. The van der Waals surface area contributed by atoms with Crippen molar-refractivity contribution in [1.82, 2.24) is 20.3 Å². The van der Waals surface area contributed by atoms with Crippen molar-refractivity contribution in [1.29, 1.82) is 5.26 Å². The number of piperidine rings is 1. The number of para-hydroxylation sites is 1. The van der Waals surface area contributed by atoms with Crippen molar-refractivity contribution in [2.24, 2.45) is 0 Å². The Bertz CT molecular complexity index is 1860. The van der Waals surface area contributed by atoms with Gasteiger partial charge >= 0.3 is 0 Å². The molecule has 1 fully saturated rings. The zero-order valence-corrected chi connectivity index (χ0v) is 25.7. The fraction of sp³-hybridized carbons (Fsp3) is 0.353. The Morgan fingerprint density at radius 1 is 0.930 bits per heavy atom. The van der Waals surface area contributed by atoms with Crippen LogP contribution in [0.2, 0.25) is 0 Å². The molecule has 0 aliphatic carbocycles. The van der Waals surface area contributed by atoms with Gasteiger partial charge in [0.1, 0.15) is 17.4 Å². The molecular formula is C34H38N8O. The minimum atomic E-state index is 0.0758. The minimum Gasteiger partial charge on any atom is -0.443 e. The first-order valence-corrected chi connectivity index (χ1v) is 14.8. The minimum absolute atomic E-state index is 0.0758. The number of furan rings is 1. The standard InChI is InChI=1S/C34H38N8O/c1-20-17-24(11-12-28(20)39-33-36-22(3)26-18-21(2)43-32(26)40-33)37-31-27(19-35)30(25-9-7-8-10-29(25)38-31)42-15-13-23(14-16-42)41-34(4,5)6/h7-12,17-18,23,41H,13-16H2,1-6H3,(H,37,38)(H,36,39,40). The molecule has 0 amide bonds. The lowest BCUT2D eigenvalue weighted by molar-refractivity contribution is 0.317. The van der Waals surface area contributed by atoms with Crippen LogP contribution < -0.4 is 20.9 Å². The number of anilines is 5. The molecule has 1 saturated heterocycles. The van der Waals surface area contributed by atoms with Crippen LogP contribution in [0.15, 0.2) is 52.9 Å². The molecule has 0 atom stereocenters. The summed E-state index contributed by atoms with van der Waals surface area (Å²) in [5.74, 6) is 1.85. The zero-order chi connectivity index (χ0) is 30.3. The molecule has 5 aromatic rings. The van der Waals surface area contributed by atoms with Gasteiger partial charge in [-0.05, 0) is 90.3 Å². The molecule has 0 radical (unpaired) electrons. The molecule has 9 heteroatoms. The maximum Gasteiger partial charge on any atom is 0.231 e. The molecule has 6 rings (SSSR count). The van der Waals surface area contributed by atoms with E-state index in [0.29, 0.717) is 29.1 Å². The fourth-order valence-electron chi connectivity index (χ4n) is 5.96. The predicted octanol–water partition coefficient (Wildman–Crippen LogP) is 7.41. The van der Waals surface area contributed by atoms with Crippen LogP contribution in [0.25, 0.3) is 22.0 Å². The van der Waals surface area contributed by atoms with Crippen molar-refractivity contribution < 1.29 is 4.42 Å². The number of nitriles is 1. The molecule has 0 bridgehead atoms. The Kier molecular flexibility index (Phi) is 7.40. The SMILES string of the molecule is Cc1cc2c(C)nc(Nc3ccc(Nc4nc5ccccc5c(N5CCC(NC(C)(C)C)CC5)c4C#N)cc3C)nc2o1. The highest BCUT2D eigenvalue weighted by Gasteiger charge is 2.27. The van der Waals surface area contributed by atoms with E-state index in [1.807, 2.05) is 63.2 Å². The number of benzene rings is 2. The number of rotatable bonds is 6. The predicted molar refractivity (Wildman–Crippen MR) is 174 cm³/mol. The normalized spacial score (nSPS) is 14.3. The van der Waals surface area contributed by atoms with Gasteiger partial charge < -0.3 is 25.3 Å². The number of hydrogen-bond acceptors (Lipinski definition) is 9. The lowest BCUT2D eigenvalue weighted by Crippen LogP contribution is -2.49. The fourth-order valence-corrected chi connectivity index (χ4v) is 5.96. The number of nitrogens with zero attached hydrogens (tertiary/aromatic N) is 5. The molecule has 4 heterocycles. The van der Waals surface area contributed by atoms with E-state index in [0.717, 1.165) is 76.3 Å². The van der Waals surface area contributed by atoms with Gasteiger partial charge in [0.2, 0.25) is 11.7 Å². The van der Waals surface area contributed by atoms with Crippen molar-refractivity contribution in [3.63, 3.8) is 0 Å². The van der Waals surface area contributed by atoms with E-state index in [4.69, 9.17) is 9.40 Å². The molecule has 3 N–H and O–H groups in total. The number of aromatic nitrogens is 3. The average molecular weight is 575 g/mol. The quantitative estimate of drug-likeness (QED) is 0.191. The topological polar surface area (TPSA) is 115 Å². The Labute approximate surface area is 252 Å². The zero-order valence-electron chi connectivity index (χ0n) is 25.7. The second kappa shape index (κ2) is 11.2. The van der Waals surface area contributed by atoms with Crippen LogP contribution >= 0.6 is 0 Å². The first-order valence-electron chi connectivity index (χ1n) is 14.8. The highest BCUT2D eigenvalue weighted by atomic mass is 16.3. The van der Waals surface area contributed by atoms with Gasteiger partial charge in [0.15, 0.2) is 5.82 Å². The number of fused-ring (bicyclic) bond motifs is 2. The van der Waals surface area contributed by atoms with Crippen LogP contribution in [-0.4, -0.2) is 39.6 Å². The molecule has 43 heavy (non-hydrogen) atoms. The van der Waals surface area contributed by atoms with Crippen LogP contribution in [0.5, 0.6) is 0 Å². The molecule has 1 aliphatic heterocycles. The van der Waals surface area contributed by atoms with E-state index in [-0.39, 0.29) is 5.54 Å². The van der Waals surface area contributed by atoms with Crippen LogP contribution in [-0.2, 0) is 0 Å². The smallest absolute Gasteiger partial charge is 0.231 e. The summed E-state index contributed by atoms with van der Waals surface area (Å²) >= 11 is 0. The summed E-state index contributed by atoms with van der Waals surface area (Å²) in [5.41, 5.74) is 6.60. The maximum absolute atomic E-state index is 10.4. The highest BCUT2D eigenvalue weighted by Crippen LogP contribution is 2.37. The number of hydrogen-bond donors (Lipinski definition) is 3. The third-order valence-electron chi connectivity index (χ3n) is 7.87. The number of nitrogens with one attached hydrogen (secondary N) is 3. The van der Waals surface area contributed by atoms with E-state index in [1.54, 1.807) is 0 Å². The number of pyridine rings is 1. The van der Waals surface area contributed by atoms with Crippen LogP contribution in [0.4, 0.5) is 28.8 Å². The molecule has 0 unspecified atom stereocenters. The third-order valence-corrected chi connectivity index (χ3v) is 7.87. The first-order chi connectivity index (χ1) is 20.6. The van der Waals surface area contributed by atoms with Crippen molar-refractivity contribution in [2.75, 3.05) is 28.6 Å². The van der Waals surface area contributed by atoms with Crippen molar-refractivity contribution in [2.45, 2.75) is 66.0 Å². The maximum atomic E-state index is 10.4. The molecule has 1 aliphatic rings. The van der Waals surface area contributed by atoms with Crippen molar-refractivity contribution in [3.8, 4) is 6.07 Å². The van der Waals surface area contributed by atoms with Gasteiger partial charge in [0, 0.05) is 41.4 Å². The molecular weight excluding hydrogens is 536 g/mol. The lowest BCUT2D eigenvalue weighted by Gasteiger charge is -2.38. The van der Waals surface area contributed by atoms with E-state index < -0.39 is 0 Å². The summed E-state index contributed by atoms with van der Waals surface area (Å²) in [5, 5.41) is 22.9. The van der Waals surface area contributed by atoms with E-state index in [1.165, 1.54) is 0 Å². The van der Waals surface area contributed by atoms with Gasteiger partial charge in [-0.1, -0.05) is 18.2 Å². The van der Waals surface area contributed by atoms with Gasteiger partial charge in [0.05, 0.1) is 22.3 Å². The Morgan fingerprint density at radius 3 is 2.42 bits per heavy atom. The van der Waals surface area contributed by atoms with Gasteiger partial charge in [-0.25, -0.2) is 9.97 Å². The van der Waals surface area contributed by atoms with E-state index in [2.05, 4.69) is 63.7 Å². The molecule has 0 spiro atoms. The Hall–Kier alpha value is -4.68. The van der Waals surface area contributed by atoms with Crippen LogP contribution in [0.1, 0.15) is 56.2 Å². The summed E-state index contributed by atoms with van der Waals surface area (Å²) < 4.78 is 5.73. The summed E-state index contributed by atoms with van der Waals surface area (Å²) in [4.78, 5) is 16.4. The summed E-state index contributed by atoms with van der Waals surface area (Å²) in [6, 6.07) is 19.0. The first kappa shape index (κ1) is 28.4. The molecule has 2 aromatic carbocycles. The Morgan fingerprint density at radius 2 is 1.70 bits per heavy atom. The van der Waals surface area contributed by atoms with Gasteiger partial charge in [-0.2, -0.15) is 10.2 Å².